The lowest BCUT2D eigenvalue weighted by Gasteiger charge is -2.36. The lowest BCUT2D eigenvalue weighted by Crippen LogP contribution is -2.51. The molecule has 0 radical (unpaired) electrons. The second-order valence-electron chi connectivity index (χ2n) is 4.22. The highest BCUT2D eigenvalue weighted by atomic mass is 16.5. The molecule has 2 atom stereocenters. The number of methoxy groups -OCH3 is 1. The van der Waals surface area contributed by atoms with Gasteiger partial charge in [-0.05, 0) is 12.3 Å². The normalized spacial score (nSPS) is 27.4. The molecule has 1 saturated heterocycles. The van der Waals surface area contributed by atoms with Crippen molar-refractivity contribution in [2.24, 2.45) is 11.7 Å². The second kappa shape index (κ2) is 5.92. The molecule has 1 amide bonds. The van der Waals surface area contributed by atoms with Gasteiger partial charge in [-0.1, -0.05) is 6.92 Å². The lowest BCUT2D eigenvalue weighted by atomic mass is 9.96. The Labute approximate surface area is 90.9 Å². The van der Waals surface area contributed by atoms with Crippen LogP contribution in [0.3, 0.4) is 0 Å². The minimum atomic E-state index is -0.346. The molecule has 0 aromatic carbocycles. The summed E-state index contributed by atoms with van der Waals surface area (Å²) in [7, 11) is 1.39. The van der Waals surface area contributed by atoms with Gasteiger partial charge >= 0.3 is 6.09 Å². The van der Waals surface area contributed by atoms with Gasteiger partial charge in [-0.15, -0.1) is 0 Å². The van der Waals surface area contributed by atoms with Crippen LogP contribution in [0.4, 0.5) is 4.79 Å². The number of carbonyl (C=O) groups is 1. The molecule has 1 fully saturated rings. The first-order valence-electron chi connectivity index (χ1n) is 5.42. The van der Waals surface area contributed by atoms with E-state index in [9.17, 15) is 4.79 Å². The van der Waals surface area contributed by atoms with E-state index in [4.69, 9.17) is 5.73 Å². The van der Waals surface area contributed by atoms with Crippen LogP contribution in [0, 0.1) is 5.92 Å². The minimum Gasteiger partial charge on any atom is -0.453 e. The highest BCUT2D eigenvalue weighted by Crippen LogP contribution is 2.15. The van der Waals surface area contributed by atoms with E-state index >= 15 is 0 Å². The van der Waals surface area contributed by atoms with Gasteiger partial charge in [0.2, 0.25) is 0 Å². The van der Waals surface area contributed by atoms with Crippen LogP contribution < -0.4 is 11.1 Å². The summed E-state index contributed by atoms with van der Waals surface area (Å²) in [4.78, 5) is 13.4. The number of ether oxygens (including phenoxy) is 1. The van der Waals surface area contributed by atoms with Crippen LogP contribution in [-0.4, -0.2) is 50.3 Å². The van der Waals surface area contributed by atoms with Gasteiger partial charge < -0.3 is 15.8 Å². The Hall–Kier alpha value is -0.810. The second-order valence-corrected chi connectivity index (χ2v) is 4.22. The molecule has 5 heteroatoms. The van der Waals surface area contributed by atoms with E-state index in [0.717, 1.165) is 26.1 Å². The van der Waals surface area contributed by atoms with Crippen molar-refractivity contribution in [1.29, 1.82) is 0 Å². The van der Waals surface area contributed by atoms with E-state index in [0.29, 0.717) is 12.5 Å². The van der Waals surface area contributed by atoms with Crippen molar-refractivity contribution < 1.29 is 9.53 Å². The number of rotatable bonds is 3. The SMILES string of the molecule is COC(=O)NC1CC(C)CN(CCN)C1. The van der Waals surface area contributed by atoms with Gasteiger partial charge in [0.15, 0.2) is 0 Å². The number of likely N-dealkylation sites (tertiary alicyclic amines) is 1. The molecule has 0 spiro atoms. The highest BCUT2D eigenvalue weighted by Gasteiger charge is 2.25. The zero-order valence-electron chi connectivity index (χ0n) is 9.53. The average molecular weight is 215 g/mol. The van der Waals surface area contributed by atoms with Crippen LogP contribution in [0.5, 0.6) is 0 Å². The Bertz CT molecular complexity index is 211. The third-order valence-electron chi connectivity index (χ3n) is 2.69. The molecule has 5 nitrogen and oxygen atoms in total. The summed E-state index contributed by atoms with van der Waals surface area (Å²) in [6.07, 6.45) is 0.665. The summed E-state index contributed by atoms with van der Waals surface area (Å²) in [6.45, 7) is 5.68. The molecule has 0 aromatic heterocycles. The fourth-order valence-corrected chi connectivity index (χ4v) is 2.16. The molecule has 0 aliphatic carbocycles. The van der Waals surface area contributed by atoms with Crippen molar-refractivity contribution in [1.82, 2.24) is 10.2 Å². The minimum absolute atomic E-state index is 0.188. The third-order valence-corrected chi connectivity index (χ3v) is 2.69. The number of alkyl carbamates (subject to hydrolysis) is 1. The van der Waals surface area contributed by atoms with Crippen LogP contribution >= 0.6 is 0 Å². The van der Waals surface area contributed by atoms with Crippen LogP contribution in [-0.2, 0) is 4.74 Å². The summed E-state index contributed by atoms with van der Waals surface area (Å²) in [6, 6.07) is 0.188. The van der Waals surface area contributed by atoms with Crippen LogP contribution in [0.2, 0.25) is 0 Å². The van der Waals surface area contributed by atoms with Crippen LogP contribution in [0.1, 0.15) is 13.3 Å². The molecule has 0 bridgehead atoms. The topological polar surface area (TPSA) is 67.6 Å². The molecule has 3 N–H and O–H groups in total. The van der Waals surface area contributed by atoms with Gasteiger partial charge in [-0.2, -0.15) is 0 Å². The molecule has 1 aliphatic heterocycles. The van der Waals surface area contributed by atoms with E-state index < -0.39 is 0 Å². The Kier molecular flexibility index (Phi) is 4.84. The first-order chi connectivity index (χ1) is 7.15. The first kappa shape index (κ1) is 12.3. The zero-order chi connectivity index (χ0) is 11.3. The fourth-order valence-electron chi connectivity index (χ4n) is 2.16. The molecule has 2 unspecified atom stereocenters. The lowest BCUT2D eigenvalue weighted by molar-refractivity contribution is 0.132. The van der Waals surface area contributed by atoms with Crippen molar-refractivity contribution in [3.8, 4) is 0 Å². The van der Waals surface area contributed by atoms with Crippen molar-refractivity contribution in [2.45, 2.75) is 19.4 Å². The van der Waals surface area contributed by atoms with Gasteiger partial charge in [0.1, 0.15) is 0 Å². The molecule has 88 valence electrons. The number of hydrogen-bond donors (Lipinski definition) is 2. The summed E-state index contributed by atoms with van der Waals surface area (Å²) in [5.74, 6) is 0.590. The summed E-state index contributed by atoms with van der Waals surface area (Å²) in [5.41, 5.74) is 5.52. The Morgan fingerprint density at radius 2 is 2.33 bits per heavy atom. The number of nitrogens with two attached hydrogens (primary N) is 1. The monoisotopic (exact) mass is 215 g/mol. The van der Waals surface area contributed by atoms with E-state index in [1.165, 1.54) is 7.11 Å². The number of nitrogens with one attached hydrogen (secondary N) is 1. The van der Waals surface area contributed by atoms with Gasteiger partial charge in [0.25, 0.3) is 0 Å². The van der Waals surface area contributed by atoms with E-state index in [1.54, 1.807) is 0 Å². The van der Waals surface area contributed by atoms with Gasteiger partial charge in [0.05, 0.1) is 7.11 Å². The maximum atomic E-state index is 11.1. The Balaban J connectivity index is 2.40. The molecular weight excluding hydrogens is 194 g/mol. The van der Waals surface area contributed by atoms with Crippen molar-refractivity contribution in [3.05, 3.63) is 0 Å². The molecule has 1 rings (SSSR count). The van der Waals surface area contributed by atoms with Crippen molar-refractivity contribution in [3.63, 3.8) is 0 Å². The number of hydrogen-bond acceptors (Lipinski definition) is 4. The largest absolute Gasteiger partial charge is 0.453 e. The maximum absolute atomic E-state index is 11.1. The van der Waals surface area contributed by atoms with E-state index in [2.05, 4.69) is 21.9 Å². The first-order valence-corrected chi connectivity index (χ1v) is 5.42. The molecule has 1 aliphatic rings. The Morgan fingerprint density at radius 3 is 2.93 bits per heavy atom. The summed E-state index contributed by atoms with van der Waals surface area (Å²) >= 11 is 0. The standard InChI is InChI=1S/C10H21N3O2/c1-8-5-9(12-10(14)15-2)7-13(6-8)4-3-11/h8-9H,3-7,11H2,1-2H3,(H,12,14). The molecular formula is C10H21N3O2. The number of carbonyl (C=O) groups excluding carboxylic acids is 1. The van der Waals surface area contributed by atoms with E-state index in [-0.39, 0.29) is 12.1 Å². The molecule has 0 saturated carbocycles. The maximum Gasteiger partial charge on any atom is 0.407 e. The van der Waals surface area contributed by atoms with Gasteiger partial charge in [-0.3, -0.25) is 4.90 Å². The quantitative estimate of drug-likeness (QED) is 0.696. The zero-order valence-corrected chi connectivity index (χ0v) is 9.53. The predicted octanol–water partition coefficient (Wildman–Crippen LogP) is 0.0115. The van der Waals surface area contributed by atoms with E-state index in [1.807, 2.05) is 0 Å². The third kappa shape index (κ3) is 4.05. The van der Waals surface area contributed by atoms with Gasteiger partial charge in [0, 0.05) is 32.2 Å². The van der Waals surface area contributed by atoms with Gasteiger partial charge in [-0.25, -0.2) is 4.79 Å². The van der Waals surface area contributed by atoms with Crippen molar-refractivity contribution in [2.75, 3.05) is 33.3 Å². The number of amides is 1. The number of piperidine rings is 1. The summed E-state index contributed by atoms with van der Waals surface area (Å²) in [5, 5.41) is 2.84. The van der Waals surface area contributed by atoms with Crippen LogP contribution in [0.25, 0.3) is 0 Å². The number of nitrogens with zero attached hydrogens (tertiary/aromatic N) is 1. The molecule has 15 heavy (non-hydrogen) atoms. The average Bonchev–Trinajstić information content (AvgIpc) is 2.17. The fraction of sp³-hybridized carbons (Fsp3) is 0.900. The Morgan fingerprint density at radius 1 is 1.60 bits per heavy atom. The highest BCUT2D eigenvalue weighted by molar-refractivity contribution is 5.67. The molecule has 0 aromatic rings. The van der Waals surface area contributed by atoms with Crippen molar-refractivity contribution >= 4 is 6.09 Å². The van der Waals surface area contributed by atoms with Crippen LogP contribution in [0.15, 0.2) is 0 Å². The smallest absolute Gasteiger partial charge is 0.407 e. The predicted molar refractivity (Wildman–Crippen MR) is 58.6 cm³/mol. The summed E-state index contributed by atoms with van der Waals surface area (Å²) < 4.78 is 4.59. The molecule has 1 heterocycles.